The summed E-state index contributed by atoms with van der Waals surface area (Å²) in [5.41, 5.74) is 1.20. The lowest BCUT2D eigenvalue weighted by atomic mass is 10.1. The van der Waals surface area contributed by atoms with E-state index < -0.39 is 0 Å². The van der Waals surface area contributed by atoms with Crippen LogP contribution in [0.4, 0.5) is 0 Å². The van der Waals surface area contributed by atoms with Gasteiger partial charge in [0, 0.05) is 42.5 Å². The van der Waals surface area contributed by atoms with Crippen LogP contribution in [-0.4, -0.2) is 34.1 Å². The Bertz CT molecular complexity index is 609. The third-order valence-electron chi connectivity index (χ3n) is 3.60. The summed E-state index contributed by atoms with van der Waals surface area (Å²) in [6.45, 7) is 1.52. The van der Waals surface area contributed by atoms with Crippen molar-refractivity contribution in [3.05, 3.63) is 42.2 Å². The van der Waals surface area contributed by atoms with Gasteiger partial charge in [0.1, 0.15) is 0 Å². The standard InChI is InChI=1S/C15H16N2OS/c18-15-7-13(19)10-17(15)6-5-12-9-16-8-11-3-1-2-4-14(11)12/h1-4,8-9,13,19H,5-7,10H2. The van der Waals surface area contributed by atoms with Crippen LogP contribution in [0.15, 0.2) is 36.7 Å². The van der Waals surface area contributed by atoms with Crippen molar-refractivity contribution in [2.24, 2.45) is 0 Å². The molecule has 1 aliphatic rings. The van der Waals surface area contributed by atoms with Gasteiger partial charge in [-0.1, -0.05) is 24.3 Å². The second kappa shape index (κ2) is 5.21. The average Bonchev–Trinajstić information content (AvgIpc) is 2.74. The number of hydrogen-bond donors (Lipinski definition) is 1. The summed E-state index contributed by atoms with van der Waals surface area (Å²) >= 11 is 4.38. The zero-order valence-electron chi connectivity index (χ0n) is 10.6. The topological polar surface area (TPSA) is 33.2 Å². The predicted molar refractivity (Wildman–Crippen MR) is 79.4 cm³/mol. The molecule has 1 unspecified atom stereocenters. The quantitative estimate of drug-likeness (QED) is 0.870. The summed E-state index contributed by atoms with van der Waals surface area (Å²) in [4.78, 5) is 17.9. The van der Waals surface area contributed by atoms with Crippen LogP contribution < -0.4 is 0 Å². The highest BCUT2D eigenvalue weighted by Crippen LogP contribution is 2.20. The summed E-state index contributed by atoms with van der Waals surface area (Å²) in [6, 6.07) is 8.23. The van der Waals surface area contributed by atoms with Gasteiger partial charge in [-0.3, -0.25) is 9.78 Å². The molecule has 0 N–H and O–H groups in total. The highest BCUT2D eigenvalue weighted by atomic mass is 32.1. The summed E-state index contributed by atoms with van der Waals surface area (Å²) in [5.74, 6) is 0.216. The van der Waals surface area contributed by atoms with Crippen molar-refractivity contribution in [1.82, 2.24) is 9.88 Å². The van der Waals surface area contributed by atoms with Crippen molar-refractivity contribution in [2.45, 2.75) is 18.1 Å². The molecule has 1 atom stereocenters. The van der Waals surface area contributed by atoms with Crippen LogP contribution in [0.1, 0.15) is 12.0 Å². The molecule has 2 heterocycles. The summed E-state index contributed by atoms with van der Waals surface area (Å²) < 4.78 is 0. The zero-order chi connectivity index (χ0) is 13.2. The smallest absolute Gasteiger partial charge is 0.223 e. The maximum absolute atomic E-state index is 11.7. The highest BCUT2D eigenvalue weighted by Gasteiger charge is 2.26. The molecular weight excluding hydrogens is 256 g/mol. The molecule has 19 heavy (non-hydrogen) atoms. The number of rotatable bonds is 3. The van der Waals surface area contributed by atoms with Gasteiger partial charge in [0.25, 0.3) is 0 Å². The molecule has 1 aliphatic heterocycles. The summed E-state index contributed by atoms with van der Waals surface area (Å²) in [5, 5.41) is 2.57. The third-order valence-corrected chi connectivity index (χ3v) is 3.94. The number of fused-ring (bicyclic) bond motifs is 1. The molecule has 0 spiro atoms. The van der Waals surface area contributed by atoms with Gasteiger partial charge in [-0.25, -0.2) is 0 Å². The second-order valence-corrected chi connectivity index (χ2v) is 5.70. The molecule has 0 bridgehead atoms. The van der Waals surface area contributed by atoms with Crippen molar-refractivity contribution < 1.29 is 4.79 Å². The number of pyridine rings is 1. The van der Waals surface area contributed by atoms with Gasteiger partial charge in [0.2, 0.25) is 5.91 Å². The molecule has 2 aromatic rings. The lowest BCUT2D eigenvalue weighted by Gasteiger charge is -2.16. The fraction of sp³-hybridized carbons (Fsp3) is 0.333. The monoisotopic (exact) mass is 272 g/mol. The number of nitrogens with zero attached hydrogens (tertiary/aromatic N) is 2. The van der Waals surface area contributed by atoms with E-state index in [1.54, 1.807) is 0 Å². The van der Waals surface area contributed by atoms with E-state index in [0.29, 0.717) is 6.42 Å². The molecule has 1 fully saturated rings. The molecule has 1 aromatic carbocycles. The lowest BCUT2D eigenvalue weighted by Crippen LogP contribution is -2.27. The van der Waals surface area contributed by atoms with Gasteiger partial charge in [-0.2, -0.15) is 12.6 Å². The SMILES string of the molecule is O=C1CC(S)CN1CCc1cncc2ccccc12. The van der Waals surface area contributed by atoms with E-state index in [-0.39, 0.29) is 11.2 Å². The third kappa shape index (κ3) is 2.59. The summed E-state index contributed by atoms with van der Waals surface area (Å²) in [6.07, 6.45) is 5.20. The van der Waals surface area contributed by atoms with E-state index in [4.69, 9.17) is 0 Å². The van der Waals surface area contributed by atoms with Gasteiger partial charge in [-0.05, 0) is 17.4 Å². The second-order valence-electron chi connectivity index (χ2n) is 4.97. The first-order valence-electron chi connectivity index (χ1n) is 6.51. The van der Waals surface area contributed by atoms with Crippen molar-refractivity contribution in [1.29, 1.82) is 0 Å². The molecule has 0 aliphatic carbocycles. The van der Waals surface area contributed by atoms with Crippen LogP contribution >= 0.6 is 12.6 Å². The minimum atomic E-state index is 0.193. The van der Waals surface area contributed by atoms with Crippen LogP contribution in [0.25, 0.3) is 10.8 Å². The normalized spacial score (nSPS) is 19.3. The molecule has 1 saturated heterocycles. The molecule has 0 radical (unpaired) electrons. The number of thiol groups is 1. The Morgan fingerprint density at radius 1 is 1.32 bits per heavy atom. The Balaban J connectivity index is 1.77. The van der Waals surface area contributed by atoms with E-state index in [1.165, 1.54) is 10.9 Å². The van der Waals surface area contributed by atoms with Crippen molar-refractivity contribution in [3.8, 4) is 0 Å². The largest absolute Gasteiger partial charge is 0.341 e. The lowest BCUT2D eigenvalue weighted by molar-refractivity contribution is -0.127. The van der Waals surface area contributed by atoms with Gasteiger partial charge in [-0.15, -0.1) is 0 Å². The van der Waals surface area contributed by atoms with Gasteiger partial charge in [0.05, 0.1) is 0 Å². The minimum Gasteiger partial charge on any atom is -0.341 e. The fourth-order valence-corrected chi connectivity index (χ4v) is 2.95. The zero-order valence-corrected chi connectivity index (χ0v) is 11.5. The molecule has 3 nitrogen and oxygen atoms in total. The molecular formula is C15H16N2OS. The molecule has 0 saturated carbocycles. The Hall–Kier alpha value is -1.55. The van der Waals surface area contributed by atoms with Crippen LogP contribution in [0.3, 0.4) is 0 Å². The molecule has 1 aromatic heterocycles. The first-order chi connectivity index (χ1) is 9.24. The number of aromatic nitrogens is 1. The number of carbonyl (C=O) groups is 1. The predicted octanol–water partition coefficient (Wildman–Crippen LogP) is 2.31. The average molecular weight is 272 g/mol. The number of amides is 1. The van der Waals surface area contributed by atoms with Crippen LogP contribution in [0, 0.1) is 0 Å². The number of benzene rings is 1. The van der Waals surface area contributed by atoms with Gasteiger partial charge in [0.15, 0.2) is 0 Å². The molecule has 1 amide bonds. The van der Waals surface area contributed by atoms with Gasteiger partial charge >= 0.3 is 0 Å². The number of hydrogen-bond acceptors (Lipinski definition) is 3. The fourth-order valence-electron chi connectivity index (χ4n) is 2.60. The van der Waals surface area contributed by atoms with E-state index in [2.05, 4.69) is 29.7 Å². The highest BCUT2D eigenvalue weighted by molar-refractivity contribution is 7.81. The van der Waals surface area contributed by atoms with Crippen molar-refractivity contribution in [3.63, 3.8) is 0 Å². The Morgan fingerprint density at radius 3 is 2.95 bits per heavy atom. The molecule has 3 rings (SSSR count). The number of likely N-dealkylation sites (tertiary alicyclic amines) is 1. The Kier molecular flexibility index (Phi) is 3.42. The van der Waals surface area contributed by atoms with Crippen LogP contribution in [0.2, 0.25) is 0 Å². The maximum Gasteiger partial charge on any atom is 0.223 e. The van der Waals surface area contributed by atoms with E-state index in [9.17, 15) is 4.79 Å². The Labute approximate surface area is 118 Å². The number of carbonyl (C=O) groups excluding carboxylic acids is 1. The summed E-state index contributed by atoms with van der Waals surface area (Å²) in [7, 11) is 0. The minimum absolute atomic E-state index is 0.193. The van der Waals surface area contributed by atoms with Crippen molar-refractivity contribution >= 4 is 29.3 Å². The van der Waals surface area contributed by atoms with Gasteiger partial charge < -0.3 is 4.90 Å². The van der Waals surface area contributed by atoms with E-state index in [1.807, 2.05) is 29.4 Å². The first kappa shape index (κ1) is 12.5. The van der Waals surface area contributed by atoms with Crippen molar-refractivity contribution in [2.75, 3.05) is 13.1 Å². The van der Waals surface area contributed by atoms with E-state index in [0.717, 1.165) is 24.9 Å². The first-order valence-corrected chi connectivity index (χ1v) is 7.03. The molecule has 4 heteroatoms. The maximum atomic E-state index is 11.7. The Morgan fingerprint density at radius 2 is 2.16 bits per heavy atom. The van der Waals surface area contributed by atoms with Crippen LogP contribution in [0.5, 0.6) is 0 Å². The van der Waals surface area contributed by atoms with E-state index >= 15 is 0 Å². The van der Waals surface area contributed by atoms with Crippen LogP contribution in [-0.2, 0) is 11.2 Å². The molecule has 98 valence electrons.